The van der Waals surface area contributed by atoms with Gasteiger partial charge >= 0.3 is 0 Å². The van der Waals surface area contributed by atoms with Crippen LogP contribution >= 0.6 is 11.3 Å². The van der Waals surface area contributed by atoms with Crippen LogP contribution in [0.15, 0.2) is 43.0 Å². The molecular weight excluding hydrogens is 316 g/mol. The zero-order valence-corrected chi connectivity index (χ0v) is 15.7. The highest BCUT2D eigenvalue weighted by Crippen LogP contribution is 2.46. The summed E-state index contributed by atoms with van der Waals surface area (Å²) in [5.41, 5.74) is 2.91. The highest BCUT2D eigenvalue weighted by molar-refractivity contribution is 7.16. The Balaban J connectivity index is 1.99. The Hall–Kier alpha value is -2.07. The van der Waals surface area contributed by atoms with Crippen molar-refractivity contribution in [3.05, 3.63) is 59.1 Å². The second-order valence-electron chi connectivity index (χ2n) is 7.50. The zero-order chi connectivity index (χ0) is 17.7. The van der Waals surface area contributed by atoms with Crippen LogP contribution in [0.2, 0.25) is 0 Å². The molecule has 24 heavy (non-hydrogen) atoms. The van der Waals surface area contributed by atoms with Crippen LogP contribution in [0.5, 0.6) is 0 Å². The van der Waals surface area contributed by atoms with Gasteiger partial charge in [0.05, 0.1) is 5.69 Å². The van der Waals surface area contributed by atoms with Gasteiger partial charge in [-0.25, -0.2) is 4.98 Å². The van der Waals surface area contributed by atoms with Crippen LogP contribution in [-0.2, 0) is 10.8 Å². The summed E-state index contributed by atoms with van der Waals surface area (Å²) in [6, 6.07) is 7.70. The molecule has 0 saturated carbocycles. The predicted octanol–water partition coefficient (Wildman–Crippen LogP) is 5.56. The molecule has 0 amide bonds. The number of nitrogens with zero attached hydrogens (tertiary/aromatic N) is 2. The number of benzene rings is 1. The highest BCUT2D eigenvalue weighted by Gasteiger charge is 2.37. The molecule has 0 saturated heterocycles. The number of fused-ring (bicyclic) bond motifs is 1. The molecule has 126 valence electrons. The lowest BCUT2D eigenvalue weighted by molar-refractivity contribution is 0.514. The molecule has 1 heterocycles. The van der Waals surface area contributed by atoms with Crippen LogP contribution < -0.4 is 4.90 Å². The molecule has 1 aliphatic rings. The first kappa shape index (κ1) is 16.8. The Bertz CT molecular complexity index is 777. The molecule has 3 rings (SSSR count). The molecule has 1 aromatic carbocycles. The maximum Gasteiger partial charge on any atom is 0.190 e. The normalized spacial score (nSPS) is 17.4. The fraction of sp³-hybridized carbons (Fsp3) is 0.350. The fourth-order valence-corrected chi connectivity index (χ4v) is 4.18. The summed E-state index contributed by atoms with van der Waals surface area (Å²) in [4.78, 5) is 8.39. The molecule has 3 nitrogen and oxygen atoms in total. The van der Waals surface area contributed by atoms with Gasteiger partial charge in [-0.3, -0.25) is 0 Å². The molecule has 1 N–H and O–H groups in total. The minimum atomic E-state index is -0.0427. The number of aliphatic hydroxyl groups excluding tert-OH is 1. The van der Waals surface area contributed by atoms with Gasteiger partial charge in [-0.1, -0.05) is 46.4 Å². The Morgan fingerprint density at radius 2 is 1.67 bits per heavy atom. The summed E-state index contributed by atoms with van der Waals surface area (Å²) in [7, 11) is 2.03. The Kier molecular flexibility index (Phi) is 3.83. The Labute approximate surface area is 148 Å². The van der Waals surface area contributed by atoms with Gasteiger partial charge in [0.15, 0.2) is 5.13 Å². The summed E-state index contributed by atoms with van der Waals surface area (Å²) in [5, 5.41) is 10.5. The molecule has 0 spiro atoms. The second-order valence-corrected chi connectivity index (χ2v) is 8.48. The first-order chi connectivity index (χ1) is 11.1. The largest absolute Gasteiger partial charge is 0.508 e. The fourth-order valence-electron chi connectivity index (χ4n) is 2.88. The minimum absolute atomic E-state index is 0.0140. The molecule has 0 atom stereocenters. The number of hydrogen-bond acceptors (Lipinski definition) is 4. The number of thiazole rings is 1. The van der Waals surface area contributed by atoms with Crippen molar-refractivity contribution in [1.29, 1.82) is 0 Å². The van der Waals surface area contributed by atoms with E-state index in [0.29, 0.717) is 0 Å². The van der Waals surface area contributed by atoms with E-state index in [1.807, 2.05) is 31.3 Å². The molecule has 0 unspecified atom stereocenters. The van der Waals surface area contributed by atoms with Gasteiger partial charge in [0.1, 0.15) is 5.76 Å². The topological polar surface area (TPSA) is 36.4 Å². The van der Waals surface area contributed by atoms with Crippen molar-refractivity contribution in [2.45, 2.75) is 38.5 Å². The van der Waals surface area contributed by atoms with Crippen LogP contribution in [0, 0.1) is 0 Å². The van der Waals surface area contributed by atoms with Gasteiger partial charge < -0.3 is 10.0 Å². The Morgan fingerprint density at radius 1 is 1.08 bits per heavy atom. The van der Waals surface area contributed by atoms with E-state index >= 15 is 0 Å². The maximum absolute atomic E-state index is 9.47. The van der Waals surface area contributed by atoms with E-state index in [2.05, 4.69) is 51.3 Å². The number of rotatable bonds is 3. The van der Waals surface area contributed by atoms with Gasteiger partial charge in [0.2, 0.25) is 0 Å². The van der Waals surface area contributed by atoms with Gasteiger partial charge in [-0.15, -0.1) is 11.3 Å². The quantitative estimate of drug-likeness (QED) is 0.586. The molecule has 0 bridgehead atoms. The van der Waals surface area contributed by atoms with Crippen molar-refractivity contribution in [2.75, 3.05) is 11.9 Å². The van der Waals surface area contributed by atoms with Crippen molar-refractivity contribution in [1.82, 2.24) is 4.98 Å². The second kappa shape index (κ2) is 5.49. The number of aliphatic hydroxyl groups is 1. The lowest BCUT2D eigenvalue weighted by Gasteiger charge is -2.32. The third-order valence-corrected chi connectivity index (χ3v) is 6.07. The summed E-state index contributed by atoms with van der Waals surface area (Å²) < 4.78 is 0. The first-order valence-electron chi connectivity index (χ1n) is 8.06. The smallest absolute Gasteiger partial charge is 0.190 e. The van der Waals surface area contributed by atoms with Crippen LogP contribution in [0.1, 0.15) is 43.8 Å². The average Bonchev–Trinajstić information content (AvgIpc) is 2.99. The predicted molar refractivity (Wildman–Crippen MR) is 103 cm³/mol. The number of aromatic nitrogens is 1. The van der Waals surface area contributed by atoms with Gasteiger partial charge in [-0.05, 0) is 24.3 Å². The summed E-state index contributed by atoms with van der Waals surface area (Å²) in [5.74, 6) is 0.0866. The van der Waals surface area contributed by atoms with E-state index in [1.54, 1.807) is 11.3 Å². The number of anilines is 2. The van der Waals surface area contributed by atoms with Crippen LogP contribution in [-0.4, -0.2) is 17.1 Å². The summed E-state index contributed by atoms with van der Waals surface area (Å²) in [6.45, 7) is 12.5. The monoisotopic (exact) mass is 340 g/mol. The van der Waals surface area contributed by atoms with Gasteiger partial charge in [0, 0.05) is 34.0 Å². The lowest BCUT2D eigenvalue weighted by Crippen LogP contribution is -2.27. The Morgan fingerprint density at radius 3 is 2.21 bits per heavy atom. The molecule has 1 aromatic heterocycles. The van der Waals surface area contributed by atoms with E-state index in [9.17, 15) is 5.11 Å². The maximum atomic E-state index is 9.47. The third-order valence-electron chi connectivity index (χ3n) is 4.60. The molecule has 1 aliphatic carbocycles. The minimum Gasteiger partial charge on any atom is -0.508 e. The highest BCUT2D eigenvalue weighted by atomic mass is 32.1. The van der Waals surface area contributed by atoms with Crippen LogP contribution in [0.3, 0.4) is 0 Å². The molecule has 0 radical (unpaired) electrons. The van der Waals surface area contributed by atoms with Crippen molar-refractivity contribution >= 4 is 27.9 Å². The van der Waals surface area contributed by atoms with Gasteiger partial charge in [-0.2, -0.15) is 0 Å². The van der Waals surface area contributed by atoms with Crippen molar-refractivity contribution < 1.29 is 5.11 Å². The first-order valence-corrected chi connectivity index (χ1v) is 8.88. The van der Waals surface area contributed by atoms with E-state index < -0.39 is 0 Å². The molecule has 2 aromatic rings. The zero-order valence-electron chi connectivity index (χ0n) is 14.9. The van der Waals surface area contributed by atoms with E-state index in [-0.39, 0.29) is 16.6 Å². The van der Waals surface area contributed by atoms with Crippen LogP contribution in [0.4, 0.5) is 10.8 Å². The van der Waals surface area contributed by atoms with Gasteiger partial charge in [0.25, 0.3) is 0 Å². The molecule has 4 heteroatoms. The number of hydrogen-bond donors (Lipinski definition) is 1. The van der Waals surface area contributed by atoms with Crippen molar-refractivity contribution in [3.8, 4) is 0 Å². The molecule has 0 aliphatic heterocycles. The SMILES string of the molecule is C=C(O)c1ccc(N(C)c2nc3c(s2)C(C)(C)C=CC3(C)C)cc1. The molecule has 0 fully saturated rings. The lowest BCUT2D eigenvalue weighted by atomic mass is 9.75. The van der Waals surface area contributed by atoms with E-state index in [0.717, 1.165) is 16.4 Å². The van der Waals surface area contributed by atoms with E-state index in [4.69, 9.17) is 4.98 Å². The van der Waals surface area contributed by atoms with Crippen molar-refractivity contribution in [2.24, 2.45) is 0 Å². The summed E-state index contributed by atoms with van der Waals surface area (Å²) in [6.07, 6.45) is 4.55. The third kappa shape index (κ3) is 2.75. The van der Waals surface area contributed by atoms with Crippen LogP contribution in [0.25, 0.3) is 5.76 Å². The van der Waals surface area contributed by atoms with E-state index in [1.165, 1.54) is 10.6 Å². The average molecular weight is 340 g/mol. The van der Waals surface area contributed by atoms with Crippen molar-refractivity contribution in [3.63, 3.8) is 0 Å². The standard InChI is InChI=1S/C20H24N2OS/c1-13(23)14-7-9-15(10-8-14)22(6)18-21-16-17(24-18)20(4,5)12-11-19(16,2)3/h7-12,23H,1H2,2-6H3. The number of allylic oxidation sites excluding steroid dienone is 2. The molecular formula is C20H24N2OS. The summed E-state index contributed by atoms with van der Waals surface area (Å²) >= 11 is 1.75.